The zero-order valence-electron chi connectivity index (χ0n) is 5.70. The van der Waals surface area contributed by atoms with E-state index < -0.39 is 0 Å². The van der Waals surface area contributed by atoms with Crippen molar-refractivity contribution in [1.82, 2.24) is 0 Å². The maximum Gasteiger partial charge on any atom is 0.0267 e. The summed E-state index contributed by atoms with van der Waals surface area (Å²) in [5.74, 6) is 0.551. The molecule has 50 valence electrons. The second-order valence-corrected chi connectivity index (χ2v) is 2.55. The summed E-state index contributed by atoms with van der Waals surface area (Å²) in [5.41, 5.74) is 1.39. The molecule has 0 aromatic rings. The molecule has 1 heteroatoms. The molecule has 1 heterocycles. The fraction of sp³-hybridized carbons (Fsp3) is 0.222. The number of hydrogen-bond acceptors (Lipinski definition) is 1. The molecular formula is C9H9N. The van der Waals surface area contributed by atoms with Crippen molar-refractivity contribution < 1.29 is 0 Å². The van der Waals surface area contributed by atoms with Crippen molar-refractivity contribution in [3.8, 4) is 0 Å². The molecule has 0 saturated carbocycles. The van der Waals surface area contributed by atoms with E-state index in [9.17, 15) is 0 Å². The first-order valence-corrected chi connectivity index (χ1v) is 3.53. The molecule has 0 aromatic heterocycles. The van der Waals surface area contributed by atoms with Crippen molar-refractivity contribution in [1.29, 1.82) is 0 Å². The van der Waals surface area contributed by atoms with Crippen molar-refractivity contribution >= 4 is 6.21 Å². The summed E-state index contributed by atoms with van der Waals surface area (Å²) in [4.78, 5) is 4.08. The van der Waals surface area contributed by atoms with Crippen LogP contribution in [0.25, 0.3) is 0 Å². The maximum atomic E-state index is 4.08. The van der Waals surface area contributed by atoms with E-state index in [1.165, 1.54) is 5.57 Å². The third-order valence-electron chi connectivity index (χ3n) is 1.86. The number of hydrogen-bond donors (Lipinski definition) is 0. The van der Waals surface area contributed by atoms with Gasteiger partial charge in [-0.1, -0.05) is 18.2 Å². The van der Waals surface area contributed by atoms with Gasteiger partial charge in [0.2, 0.25) is 0 Å². The van der Waals surface area contributed by atoms with Gasteiger partial charge in [-0.05, 0) is 18.1 Å². The largest absolute Gasteiger partial charge is 0.268 e. The molecule has 0 radical (unpaired) electrons. The van der Waals surface area contributed by atoms with Crippen LogP contribution in [-0.4, -0.2) is 6.21 Å². The van der Waals surface area contributed by atoms with Gasteiger partial charge in [-0.3, -0.25) is 4.99 Å². The van der Waals surface area contributed by atoms with Gasteiger partial charge in [0, 0.05) is 18.3 Å². The van der Waals surface area contributed by atoms with Crippen molar-refractivity contribution in [3.05, 3.63) is 36.1 Å². The van der Waals surface area contributed by atoms with E-state index in [0.717, 1.165) is 6.42 Å². The Morgan fingerprint density at radius 2 is 2.50 bits per heavy atom. The summed E-state index contributed by atoms with van der Waals surface area (Å²) >= 11 is 0. The SMILES string of the molecule is C1=CCC2C=NC=CC2=C1. The van der Waals surface area contributed by atoms with E-state index in [4.69, 9.17) is 0 Å². The van der Waals surface area contributed by atoms with Gasteiger partial charge in [0.1, 0.15) is 0 Å². The highest BCUT2D eigenvalue weighted by atomic mass is 14.7. The molecule has 0 spiro atoms. The molecule has 1 nitrogen and oxygen atoms in total. The fourth-order valence-electron chi connectivity index (χ4n) is 1.27. The summed E-state index contributed by atoms with van der Waals surface area (Å²) in [6, 6.07) is 0. The van der Waals surface area contributed by atoms with Gasteiger partial charge in [-0.2, -0.15) is 0 Å². The van der Waals surface area contributed by atoms with Crippen LogP contribution >= 0.6 is 0 Å². The van der Waals surface area contributed by atoms with E-state index in [0.29, 0.717) is 5.92 Å². The van der Waals surface area contributed by atoms with Crippen molar-refractivity contribution in [2.45, 2.75) is 6.42 Å². The van der Waals surface area contributed by atoms with Crippen LogP contribution in [0.4, 0.5) is 0 Å². The van der Waals surface area contributed by atoms with Crippen LogP contribution < -0.4 is 0 Å². The normalized spacial score (nSPS) is 28.0. The second kappa shape index (κ2) is 2.25. The molecule has 0 bridgehead atoms. The summed E-state index contributed by atoms with van der Waals surface area (Å²) in [6.07, 6.45) is 13.5. The van der Waals surface area contributed by atoms with Gasteiger partial charge in [0.05, 0.1) is 0 Å². The fourth-order valence-corrected chi connectivity index (χ4v) is 1.27. The van der Waals surface area contributed by atoms with E-state index in [2.05, 4.69) is 29.3 Å². The van der Waals surface area contributed by atoms with Gasteiger partial charge in [0.25, 0.3) is 0 Å². The monoisotopic (exact) mass is 131 g/mol. The Labute approximate surface area is 60.5 Å². The number of allylic oxidation sites excluding steroid dienone is 5. The zero-order valence-corrected chi connectivity index (χ0v) is 5.70. The summed E-state index contributed by atoms with van der Waals surface area (Å²) in [7, 11) is 0. The van der Waals surface area contributed by atoms with E-state index in [-0.39, 0.29) is 0 Å². The first kappa shape index (κ1) is 5.66. The number of nitrogens with zero attached hydrogens (tertiary/aromatic N) is 1. The molecule has 0 saturated heterocycles. The Kier molecular flexibility index (Phi) is 1.28. The standard InChI is InChI=1S/C9H9N/c1-2-4-9-7-10-6-5-8(9)3-1/h1-3,5-7,9H,4H2. The minimum atomic E-state index is 0.551. The van der Waals surface area contributed by atoms with Crippen LogP contribution in [0.15, 0.2) is 41.1 Å². The molecule has 1 atom stereocenters. The molecule has 2 aliphatic rings. The van der Waals surface area contributed by atoms with Gasteiger partial charge in [0.15, 0.2) is 0 Å². The number of aliphatic imine (C=N–C) groups is 1. The highest BCUT2D eigenvalue weighted by Gasteiger charge is 2.11. The van der Waals surface area contributed by atoms with E-state index in [1.807, 2.05) is 12.4 Å². The van der Waals surface area contributed by atoms with E-state index in [1.54, 1.807) is 0 Å². The van der Waals surface area contributed by atoms with Crippen molar-refractivity contribution in [2.75, 3.05) is 0 Å². The number of rotatable bonds is 0. The molecule has 1 aliphatic carbocycles. The Bertz CT molecular complexity index is 243. The lowest BCUT2D eigenvalue weighted by Crippen LogP contribution is -2.07. The smallest absolute Gasteiger partial charge is 0.0267 e. The predicted molar refractivity (Wildman–Crippen MR) is 43.0 cm³/mol. The summed E-state index contributed by atoms with van der Waals surface area (Å²) in [5, 5.41) is 0. The van der Waals surface area contributed by atoms with Crippen LogP contribution in [0.5, 0.6) is 0 Å². The predicted octanol–water partition coefficient (Wildman–Crippen LogP) is 2.09. The lowest BCUT2D eigenvalue weighted by atomic mass is 9.91. The third-order valence-corrected chi connectivity index (χ3v) is 1.86. The highest BCUT2D eigenvalue weighted by Crippen LogP contribution is 2.21. The average molecular weight is 131 g/mol. The molecule has 0 amide bonds. The van der Waals surface area contributed by atoms with Crippen LogP contribution in [0.2, 0.25) is 0 Å². The lowest BCUT2D eigenvalue weighted by Gasteiger charge is -2.15. The maximum absolute atomic E-state index is 4.08. The van der Waals surface area contributed by atoms with Crippen LogP contribution in [0.1, 0.15) is 6.42 Å². The molecule has 0 fully saturated rings. The van der Waals surface area contributed by atoms with Crippen LogP contribution in [0, 0.1) is 5.92 Å². The minimum Gasteiger partial charge on any atom is -0.268 e. The molecule has 0 N–H and O–H groups in total. The van der Waals surface area contributed by atoms with Gasteiger partial charge in [-0.25, -0.2) is 0 Å². The molecule has 10 heavy (non-hydrogen) atoms. The summed E-state index contributed by atoms with van der Waals surface area (Å²) in [6.45, 7) is 0. The van der Waals surface area contributed by atoms with E-state index >= 15 is 0 Å². The average Bonchev–Trinajstić information content (AvgIpc) is 2.05. The van der Waals surface area contributed by atoms with Crippen molar-refractivity contribution in [3.63, 3.8) is 0 Å². The molecule has 1 aliphatic heterocycles. The highest BCUT2D eigenvalue weighted by molar-refractivity contribution is 5.70. The Hall–Kier alpha value is -1.11. The Morgan fingerprint density at radius 1 is 1.50 bits per heavy atom. The first-order chi connectivity index (χ1) is 4.97. The van der Waals surface area contributed by atoms with Crippen molar-refractivity contribution in [2.24, 2.45) is 10.9 Å². The molecule has 1 unspecified atom stereocenters. The molecule has 2 rings (SSSR count). The topological polar surface area (TPSA) is 12.4 Å². The minimum absolute atomic E-state index is 0.551. The lowest BCUT2D eigenvalue weighted by molar-refractivity contribution is 0.839. The quantitative estimate of drug-likeness (QED) is 0.477. The second-order valence-electron chi connectivity index (χ2n) is 2.55. The number of fused-ring (bicyclic) bond motifs is 1. The Balaban J connectivity index is 2.34. The van der Waals surface area contributed by atoms with Gasteiger partial charge in [-0.15, -0.1) is 0 Å². The third kappa shape index (κ3) is 0.838. The molecular weight excluding hydrogens is 122 g/mol. The van der Waals surface area contributed by atoms with Crippen LogP contribution in [-0.2, 0) is 0 Å². The Morgan fingerprint density at radius 3 is 3.40 bits per heavy atom. The van der Waals surface area contributed by atoms with Gasteiger partial charge < -0.3 is 0 Å². The molecule has 0 aromatic carbocycles. The first-order valence-electron chi connectivity index (χ1n) is 3.53. The summed E-state index contributed by atoms with van der Waals surface area (Å²) < 4.78 is 0. The van der Waals surface area contributed by atoms with Crippen LogP contribution in [0.3, 0.4) is 0 Å². The zero-order chi connectivity index (χ0) is 6.81. The van der Waals surface area contributed by atoms with Gasteiger partial charge >= 0.3 is 0 Å².